The van der Waals surface area contributed by atoms with Crippen LogP contribution in [-0.2, 0) is 24.2 Å². The molecule has 3 aliphatic heterocycles. The van der Waals surface area contributed by atoms with Crippen LogP contribution in [0.1, 0.15) is 122 Å². The second-order valence-electron chi connectivity index (χ2n) is 17.3. The average Bonchev–Trinajstić information content (AvgIpc) is 3.66. The number of fused-ring (bicyclic) bond motifs is 2. The Balaban J connectivity index is 0.786. The lowest BCUT2D eigenvalue weighted by atomic mass is 9.67. The maximum Gasteiger partial charge on any atom is 0.272 e. The second kappa shape index (κ2) is 16.7. The van der Waals surface area contributed by atoms with Crippen molar-refractivity contribution in [1.82, 2.24) is 35.2 Å². The summed E-state index contributed by atoms with van der Waals surface area (Å²) in [5.74, 6) is 2.27. The van der Waals surface area contributed by atoms with Crippen LogP contribution in [0.4, 0.5) is 17.3 Å². The smallest absolute Gasteiger partial charge is 0.272 e. The number of benzene rings is 1. The fourth-order valence-electron chi connectivity index (χ4n) is 10.2. The highest BCUT2D eigenvalue weighted by Gasteiger charge is 2.41. The van der Waals surface area contributed by atoms with Gasteiger partial charge in [0.05, 0.1) is 41.2 Å². The van der Waals surface area contributed by atoms with E-state index in [-0.39, 0.29) is 29.4 Å². The molecule has 2 amide bonds. The fourth-order valence-corrected chi connectivity index (χ4v) is 10.4. The van der Waals surface area contributed by atoms with Gasteiger partial charge in [-0.3, -0.25) is 14.3 Å². The molecule has 60 heavy (non-hydrogen) atoms. The molecule has 3 aromatic heterocycles. The minimum atomic E-state index is -0.208. The number of rotatable bonds is 7. The minimum Gasteiger partial charge on any atom is -0.490 e. The largest absolute Gasteiger partial charge is 0.490 e. The predicted octanol–water partition coefficient (Wildman–Crippen LogP) is 6.98. The first-order valence-corrected chi connectivity index (χ1v) is 21.9. The Kier molecular flexibility index (Phi) is 11.1. The number of aryl methyl sites for hydroxylation is 1. The highest BCUT2D eigenvalue weighted by atomic mass is 35.5. The lowest BCUT2D eigenvalue weighted by Crippen LogP contribution is -2.43. The highest BCUT2D eigenvalue weighted by molar-refractivity contribution is 6.31. The van der Waals surface area contributed by atoms with Crippen molar-refractivity contribution in [2.24, 2.45) is 5.41 Å². The number of piperidine rings is 1. The minimum absolute atomic E-state index is 0.0275. The summed E-state index contributed by atoms with van der Waals surface area (Å²) in [5.41, 5.74) is 6.01. The van der Waals surface area contributed by atoms with Gasteiger partial charge >= 0.3 is 0 Å². The van der Waals surface area contributed by atoms with Gasteiger partial charge in [-0.15, -0.1) is 10.2 Å². The van der Waals surface area contributed by atoms with E-state index < -0.39 is 0 Å². The van der Waals surface area contributed by atoms with Crippen molar-refractivity contribution in [1.29, 1.82) is 10.5 Å². The molecule has 1 aromatic carbocycles. The predicted molar refractivity (Wildman–Crippen MR) is 225 cm³/mol. The van der Waals surface area contributed by atoms with Gasteiger partial charge in [0.2, 0.25) is 5.91 Å². The van der Waals surface area contributed by atoms with E-state index in [1.54, 1.807) is 31.2 Å². The number of aromatic nitrogens is 5. The number of ether oxygens (including phenoxy) is 1. The van der Waals surface area contributed by atoms with Gasteiger partial charge in [-0.05, 0) is 118 Å². The van der Waals surface area contributed by atoms with E-state index in [2.05, 4.69) is 47.1 Å². The maximum atomic E-state index is 13.1. The van der Waals surface area contributed by atoms with E-state index in [1.807, 2.05) is 23.2 Å². The summed E-state index contributed by atoms with van der Waals surface area (Å²) in [6, 6.07) is 15.3. The number of nitriles is 2. The Bertz CT molecular complexity index is 2340. The topological polar surface area (TPSA) is 169 Å². The van der Waals surface area contributed by atoms with Crippen LogP contribution < -0.4 is 19.9 Å². The van der Waals surface area contributed by atoms with Crippen molar-refractivity contribution in [3.8, 4) is 17.9 Å². The number of carbonyl (C=O) groups excluding carboxylic acids is 2. The first-order chi connectivity index (χ1) is 29.2. The van der Waals surface area contributed by atoms with Crippen LogP contribution in [-0.4, -0.2) is 80.0 Å². The van der Waals surface area contributed by atoms with Gasteiger partial charge in [-0.2, -0.15) is 15.6 Å². The van der Waals surface area contributed by atoms with Crippen LogP contribution in [0.25, 0.3) is 0 Å². The molecule has 14 nitrogen and oxygen atoms in total. The Labute approximate surface area is 355 Å². The molecule has 3 fully saturated rings. The van der Waals surface area contributed by atoms with Crippen LogP contribution in [0.3, 0.4) is 0 Å². The maximum absolute atomic E-state index is 13.1. The molecule has 1 spiro atoms. The van der Waals surface area contributed by atoms with Gasteiger partial charge in [0.1, 0.15) is 23.6 Å². The quantitative estimate of drug-likeness (QED) is 0.204. The highest BCUT2D eigenvalue weighted by Crippen LogP contribution is 2.49. The fraction of sp³-hybridized carbons (Fsp3) is 0.511. The Morgan fingerprint density at radius 1 is 0.917 bits per heavy atom. The number of nitrogens with one attached hydrogen (secondary N) is 1. The molecule has 0 bridgehead atoms. The van der Waals surface area contributed by atoms with E-state index in [9.17, 15) is 14.9 Å². The van der Waals surface area contributed by atoms with Crippen LogP contribution in [0.15, 0.2) is 42.6 Å². The standard InChI is InChI=1S/C45H50ClN11O3/c1-29(58)55-20-14-40-37(28-55)43(56-19-2-3-30-23-33(26-48)49-27-41(30)56)53-57(40)34-12-15-45(16-13-34)17-21-54(22-18-45)42-11-10-39(51-52-42)44(59)50-32-5-8-35(9-6-32)60-36-7-4-31(25-47)38(46)24-36/h4,7,10-11,23-24,27,32,34-35H,2-3,5-6,8-9,12-22,28H2,1H3,(H,50,59). The Hall–Kier alpha value is -5.73. The van der Waals surface area contributed by atoms with E-state index in [1.165, 1.54) is 5.69 Å². The lowest BCUT2D eigenvalue weighted by Gasteiger charge is -2.46. The molecule has 15 heteroatoms. The Morgan fingerprint density at radius 2 is 1.72 bits per heavy atom. The molecule has 0 unspecified atom stereocenters. The molecule has 1 N–H and O–H groups in total. The summed E-state index contributed by atoms with van der Waals surface area (Å²) in [6.45, 7) is 5.55. The SMILES string of the molecule is CC(=O)N1CCc2c(c(N3CCCc4cc(C#N)ncc43)nn2C2CCC3(CC2)CCN(c2ccc(C(=O)NC4CCC(Oc5ccc(C#N)c(Cl)c5)CC4)nn2)CC3)C1. The van der Waals surface area contributed by atoms with E-state index in [4.69, 9.17) is 26.7 Å². The molecule has 6 heterocycles. The molecule has 2 aliphatic carbocycles. The second-order valence-corrected chi connectivity index (χ2v) is 17.7. The van der Waals surface area contributed by atoms with E-state index >= 15 is 0 Å². The zero-order chi connectivity index (χ0) is 41.4. The normalized spacial score (nSPS) is 21.4. The van der Waals surface area contributed by atoms with Gasteiger partial charge in [-0.1, -0.05) is 11.6 Å². The van der Waals surface area contributed by atoms with Crippen LogP contribution in [0.2, 0.25) is 5.02 Å². The third kappa shape index (κ3) is 7.97. The molecule has 5 aliphatic rings. The molecule has 4 aromatic rings. The van der Waals surface area contributed by atoms with Crippen molar-refractivity contribution in [2.75, 3.05) is 36.0 Å². The summed E-state index contributed by atoms with van der Waals surface area (Å²) in [7, 11) is 0. The summed E-state index contributed by atoms with van der Waals surface area (Å²) in [5, 5.41) is 36.4. The Morgan fingerprint density at radius 3 is 2.42 bits per heavy atom. The van der Waals surface area contributed by atoms with Crippen LogP contribution >= 0.6 is 11.6 Å². The number of halogens is 1. The third-order valence-electron chi connectivity index (χ3n) is 13.7. The van der Waals surface area contributed by atoms with Gasteiger partial charge < -0.3 is 24.8 Å². The number of amides is 2. The molecule has 2 saturated carbocycles. The summed E-state index contributed by atoms with van der Waals surface area (Å²) in [4.78, 5) is 36.6. The first kappa shape index (κ1) is 39.7. The molecule has 310 valence electrons. The number of carbonyl (C=O) groups is 2. The number of nitrogens with zero attached hydrogens (tertiary/aromatic N) is 10. The number of anilines is 3. The summed E-state index contributed by atoms with van der Waals surface area (Å²) < 4.78 is 8.43. The zero-order valence-electron chi connectivity index (χ0n) is 34.1. The van der Waals surface area contributed by atoms with Gasteiger partial charge in [0.15, 0.2) is 17.3 Å². The summed E-state index contributed by atoms with van der Waals surface area (Å²) in [6.07, 6.45) is 14.3. The number of pyridine rings is 1. The van der Waals surface area contributed by atoms with E-state index in [0.29, 0.717) is 46.9 Å². The van der Waals surface area contributed by atoms with E-state index in [0.717, 1.165) is 132 Å². The molecule has 1 saturated heterocycles. The van der Waals surface area contributed by atoms with Crippen molar-refractivity contribution >= 4 is 40.7 Å². The molecule has 0 radical (unpaired) electrons. The molecular weight excluding hydrogens is 778 g/mol. The first-order valence-electron chi connectivity index (χ1n) is 21.5. The van der Waals surface area contributed by atoms with Crippen LogP contribution in [0.5, 0.6) is 5.75 Å². The van der Waals surface area contributed by atoms with Crippen molar-refractivity contribution in [3.05, 3.63) is 81.4 Å². The van der Waals surface area contributed by atoms with Gasteiger partial charge in [-0.25, -0.2) is 4.98 Å². The monoisotopic (exact) mass is 827 g/mol. The van der Waals surface area contributed by atoms with Crippen molar-refractivity contribution in [3.63, 3.8) is 0 Å². The van der Waals surface area contributed by atoms with Gasteiger partial charge in [0, 0.05) is 62.9 Å². The average molecular weight is 828 g/mol. The molecular formula is C45H50ClN11O3. The summed E-state index contributed by atoms with van der Waals surface area (Å²) >= 11 is 6.17. The molecule has 0 atom stereocenters. The van der Waals surface area contributed by atoms with Crippen molar-refractivity contribution < 1.29 is 14.3 Å². The number of hydrogen-bond acceptors (Lipinski definition) is 11. The van der Waals surface area contributed by atoms with Gasteiger partial charge in [0.25, 0.3) is 5.91 Å². The van der Waals surface area contributed by atoms with Crippen LogP contribution in [0, 0.1) is 28.1 Å². The molecule has 9 rings (SSSR count). The number of hydrogen-bond donors (Lipinski definition) is 1. The third-order valence-corrected chi connectivity index (χ3v) is 14.0. The lowest BCUT2D eigenvalue weighted by molar-refractivity contribution is -0.129. The van der Waals surface area contributed by atoms with Crippen molar-refractivity contribution in [2.45, 2.75) is 115 Å². The zero-order valence-corrected chi connectivity index (χ0v) is 34.8.